The van der Waals surface area contributed by atoms with Gasteiger partial charge in [-0.1, -0.05) is 12.1 Å². The molecule has 1 heterocycles. The lowest BCUT2D eigenvalue weighted by Gasteiger charge is -2.30. The summed E-state index contributed by atoms with van der Waals surface area (Å²) in [6.07, 6.45) is 2.31. The van der Waals surface area contributed by atoms with Gasteiger partial charge in [-0.15, -0.1) is 0 Å². The van der Waals surface area contributed by atoms with Crippen molar-refractivity contribution in [1.82, 2.24) is 10.2 Å². The first-order chi connectivity index (χ1) is 13.0. The number of anilines is 1. The molecule has 0 radical (unpaired) electrons. The lowest BCUT2D eigenvalue weighted by atomic mass is 9.96. The van der Waals surface area contributed by atoms with E-state index in [1.165, 1.54) is 23.2 Å². The Hall–Kier alpha value is -2.53. The van der Waals surface area contributed by atoms with E-state index in [-0.39, 0.29) is 11.9 Å². The van der Waals surface area contributed by atoms with Crippen LogP contribution >= 0.6 is 0 Å². The zero-order chi connectivity index (χ0) is 19.4. The van der Waals surface area contributed by atoms with Crippen molar-refractivity contribution >= 4 is 11.6 Å². The zero-order valence-corrected chi connectivity index (χ0v) is 16.7. The summed E-state index contributed by atoms with van der Waals surface area (Å²) in [6.45, 7) is 1.67. The smallest absolute Gasteiger partial charge is 0.251 e. The minimum atomic E-state index is -0.0674. The van der Waals surface area contributed by atoms with Crippen LogP contribution in [-0.4, -0.2) is 52.1 Å². The van der Waals surface area contributed by atoms with E-state index in [1.807, 2.05) is 0 Å². The molecular weight excluding hydrogens is 338 g/mol. The van der Waals surface area contributed by atoms with E-state index in [4.69, 9.17) is 4.74 Å². The van der Waals surface area contributed by atoms with Crippen LogP contribution < -0.4 is 15.0 Å². The number of benzene rings is 2. The number of carbonyl (C=O) groups excluding carboxylic acids is 1. The zero-order valence-electron chi connectivity index (χ0n) is 16.7. The number of aryl methyl sites for hydroxylation is 1. The first-order valence-corrected chi connectivity index (χ1v) is 9.42. The van der Waals surface area contributed by atoms with Crippen LogP contribution in [0.2, 0.25) is 0 Å². The molecule has 3 rings (SSSR count). The van der Waals surface area contributed by atoms with Crippen molar-refractivity contribution in [3.8, 4) is 5.75 Å². The number of methoxy groups -OCH3 is 1. The van der Waals surface area contributed by atoms with Crippen molar-refractivity contribution in [2.75, 3.05) is 46.2 Å². The van der Waals surface area contributed by atoms with E-state index in [2.05, 4.69) is 54.5 Å². The van der Waals surface area contributed by atoms with E-state index >= 15 is 0 Å². The van der Waals surface area contributed by atoms with E-state index in [9.17, 15) is 4.79 Å². The third-order valence-corrected chi connectivity index (χ3v) is 5.27. The molecule has 5 nitrogen and oxygen atoms in total. The number of hydrogen-bond donors (Lipinski definition) is 1. The number of amides is 1. The van der Waals surface area contributed by atoms with Crippen molar-refractivity contribution in [1.29, 1.82) is 0 Å². The van der Waals surface area contributed by atoms with Gasteiger partial charge in [0.2, 0.25) is 0 Å². The average molecular weight is 367 g/mol. The topological polar surface area (TPSA) is 44.8 Å². The van der Waals surface area contributed by atoms with Crippen LogP contribution in [0.1, 0.15) is 33.9 Å². The third-order valence-electron chi connectivity index (χ3n) is 5.27. The van der Waals surface area contributed by atoms with Crippen molar-refractivity contribution in [2.45, 2.75) is 18.9 Å². The van der Waals surface area contributed by atoms with Gasteiger partial charge in [0.25, 0.3) is 5.91 Å². The van der Waals surface area contributed by atoms with Crippen LogP contribution in [-0.2, 0) is 6.42 Å². The highest BCUT2D eigenvalue weighted by molar-refractivity contribution is 5.94. The summed E-state index contributed by atoms with van der Waals surface area (Å²) in [5.41, 5.74) is 4.60. The molecule has 2 aromatic carbocycles. The minimum absolute atomic E-state index is 0.0674. The molecule has 2 aromatic rings. The van der Waals surface area contributed by atoms with Gasteiger partial charge < -0.3 is 19.9 Å². The maximum absolute atomic E-state index is 12.5. The first kappa shape index (κ1) is 19.2. The predicted octanol–water partition coefficient (Wildman–Crippen LogP) is 3.11. The fraction of sp³-hybridized carbons (Fsp3) is 0.409. The van der Waals surface area contributed by atoms with Gasteiger partial charge >= 0.3 is 0 Å². The summed E-state index contributed by atoms with van der Waals surface area (Å²) in [7, 11) is 7.87. The number of carbonyl (C=O) groups is 1. The number of ether oxygens (including phenoxy) is 1. The quantitative estimate of drug-likeness (QED) is 0.852. The highest BCUT2D eigenvalue weighted by Crippen LogP contribution is 2.30. The second-order valence-corrected chi connectivity index (χ2v) is 7.33. The number of likely N-dealkylation sites (N-methyl/N-ethyl adjacent to an activating group) is 1. The third kappa shape index (κ3) is 4.42. The van der Waals surface area contributed by atoms with Gasteiger partial charge in [0, 0.05) is 31.4 Å². The van der Waals surface area contributed by atoms with Crippen molar-refractivity contribution in [2.24, 2.45) is 0 Å². The molecule has 0 aromatic heterocycles. The molecule has 1 aliphatic heterocycles. The summed E-state index contributed by atoms with van der Waals surface area (Å²) in [6, 6.07) is 14.0. The molecule has 1 N–H and O–H groups in total. The molecule has 0 unspecified atom stereocenters. The number of nitrogens with one attached hydrogen (secondary N) is 1. The van der Waals surface area contributed by atoms with Crippen LogP contribution in [0.25, 0.3) is 0 Å². The van der Waals surface area contributed by atoms with Gasteiger partial charge in [-0.05, 0) is 68.4 Å². The van der Waals surface area contributed by atoms with Crippen LogP contribution in [0.5, 0.6) is 5.75 Å². The second kappa shape index (κ2) is 8.44. The Labute approximate surface area is 161 Å². The maximum Gasteiger partial charge on any atom is 0.251 e. The normalized spacial score (nSPS) is 14.6. The van der Waals surface area contributed by atoms with Crippen molar-refractivity contribution in [3.63, 3.8) is 0 Å². The summed E-state index contributed by atoms with van der Waals surface area (Å²) in [5.74, 6) is 0.680. The molecule has 1 amide bonds. The molecule has 0 bridgehead atoms. The lowest BCUT2D eigenvalue weighted by Crippen LogP contribution is -2.34. The van der Waals surface area contributed by atoms with Crippen molar-refractivity contribution in [3.05, 3.63) is 59.2 Å². The van der Waals surface area contributed by atoms with E-state index in [0.717, 1.165) is 18.7 Å². The average Bonchev–Trinajstić information content (AvgIpc) is 2.68. The molecule has 0 spiro atoms. The maximum atomic E-state index is 12.5. The molecule has 1 aliphatic rings. The van der Waals surface area contributed by atoms with E-state index in [1.54, 1.807) is 31.4 Å². The standard InChI is InChI=1S/C22H29N3O2/c1-24(2)21(15-23-22(26)16-7-10-19(27-4)11-8-16)18-9-12-20-17(14-18)6-5-13-25(20)3/h7-12,14,21H,5-6,13,15H2,1-4H3,(H,23,26)/t21-/m0/s1. The summed E-state index contributed by atoms with van der Waals surface area (Å²) in [5, 5.41) is 3.07. The summed E-state index contributed by atoms with van der Waals surface area (Å²) >= 11 is 0. The van der Waals surface area contributed by atoms with Crippen LogP contribution in [0.15, 0.2) is 42.5 Å². The summed E-state index contributed by atoms with van der Waals surface area (Å²) < 4.78 is 5.15. The van der Waals surface area contributed by atoms with Gasteiger partial charge in [0.1, 0.15) is 5.75 Å². The molecule has 0 saturated carbocycles. The molecule has 0 fully saturated rings. The Balaban J connectivity index is 1.71. The minimum Gasteiger partial charge on any atom is -0.497 e. The molecule has 27 heavy (non-hydrogen) atoms. The molecule has 144 valence electrons. The van der Waals surface area contributed by atoms with Gasteiger partial charge in [-0.25, -0.2) is 0 Å². The largest absolute Gasteiger partial charge is 0.497 e. The fourth-order valence-electron chi connectivity index (χ4n) is 3.64. The number of fused-ring (bicyclic) bond motifs is 1. The fourth-order valence-corrected chi connectivity index (χ4v) is 3.64. The number of rotatable bonds is 6. The molecule has 1 atom stereocenters. The Morgan fingerprint density at radius 2 is 1.96 bits per heavy atom. The Kier molecular flexibility index (Phi) is 6.01. The van der Waals surface area contributed by atoms with Gasteiger partial charge in [-0.2, -0.15) is 0 Å². The first-order valence-electron chi connectivity index (χ1n) is 9.42. The lowest BCUT2D eigenvalue weighted by molar-refractivity contribution is 0.0942. The van der Waals surface area contributed by atoms with Crippen LogP contribution in [0, 0.1) is 0 Å². The Morgan fingerprint density at radius 1 is 1.22 bits per heavy atom. The highest BCUT2D eigenvalue weighted by atomic mass is 16.5. The van der Waals surface area contributed by atoms with Crippen LogP contribution in [0.4, 0.5) is 5.69 Å². The highest BCUT2D eigenvalue weighted by Gasteiger charge is 2.20. The molecule has 5 heteroatoms. The Bertz CT molecular complexity index is 787. The predicted molar refractivity (Wildman–Crippen MR) is 110 cm³/mol. The monoisotopic (exact) mass is 367 g/mol. The van der Waals surface area contributed by atoms with Crippen molar-refractivity contribution < 1.29 is 9.53 Å². The molecule has 0 saturated heterocycles. The van der Waals surface area contributed by atoms with E-state index in [0.29, 0.717) is 12.1 Å². The van der Waals surface area contributed by atoms with Gasteiger partial charge in [0.15, 0.2) is 0 Å². The van der Waals surface area contributed by atoms with Crippen LogP contribution in [0.3, 0.4) is 0 Å². The van der Waals surface area contributed by atoms with Gasteiger partial charge in [-0.3, -0.25) is 4.79 Å². The SMILES string of the molecule is COc1ccc(C(=O)NC[C@@H](c2ccc3c(c2)CCCN3C)N(C)C)cc1. The number of hydrogen-bond acceptors (Lipinski definition) is 4. The van der Waals surface area contributed by atoms with E-state index < -0.39 is 0 Å². The van der Waals surface area contributed by atoms with Gasteiger partial charge in [0.05, 0.1) is 13.2 Å². The number of nitrogens with zero attached hydrogens (tertiary/aromatic N) is 2. The summed E-state index contributed by atoms with van der Waals surface area (Å²) in [4.78, 5) is 17.0. The molecule has 0 aliphatic carbocycles. The second-order valence-electron chi connectivity index (χ2n) is 7.33. The molecular formula is C22H29N3O2. The Morgan fingerprint density at radius 3 is 2.63 bits per heavy atom.